The summed E-state index contributed by atoms with van der Waals surface area (Å²) in [5.74, 6) is -0.0318. The summed E-state index contributed by atoms with van der Waals surface area (Å²) in [6.45, 7) is 6.75. The first-order chi connectivity index (χ1) is 22.0. The molecular weight excluding hydrogens is 700 g/mol. The second kappa shape index (κ2) is 19.2. The van der Waals surface area contributed by atoms with Crippen molar-refractivity contribution in [1.29, 1.82) is 0 Å². The number of halogens is 6. The van der Waals surface area contributed by atoms with Gasteiger partial charge in [-0.05, 0) is 112 Å². The fourth-order valence-electron chi connectivity index (χ4n) is 7.83. The average Bonchev–Trinajstić information content (AvgIpc) is 3.62. The van der Waals surface area contributed by atoms with E-state index in [9.17, 15) is 23.1 Å². The molecule has 1 saturated heterocycles. The van der Waals surface area contributed by atoms with Gasteiger partial charge in [0.2, 0.25) is 0 Å². The van der Waals surface area contributed by atoms with Crippen LogP contribution in [0, 0.1) is 17.7 Å². The van der Waals surface area contributed by atoms with Crippen LogP contribution in [0.3, 0.4) is 0 Å². The van der Waals surface area contributed by atoms with Crippen LogP contribution in [0.5, 0.6) is 5.75 Å². The molecule has 2 aromatic carbocycles. The second-order valence-electron chi connectivity index (χ2n) is 13.4. The molecule has 0 amide bonds. The van der Waals surface area contributed by atoms with E-state index < -0.39 is 18.6 Å². The molecule has 1 N–H and O–H groups in total. The van der Waals surface area contributed by atoms with Gasteiger partial charge in [0.25, 0.3) is 0 Å². The highest BCUT2D eigenvalue weighted by Crippen LogP contribution is 2.43. The Bertz CT molecular complexity index is 1450. The van der Waals surface area contributed by atoms with Crippen molar-refractivity contribution in [3.8, 4) is 5.75 Å². The smallest absolute Gasteiger partial charge is 0.387 e. The molecule has 0 bridgehead atoms. The van der Waals surface area contributed by atoms with Crippen molar-refractivity contribution in [3.63, 3.8) is 0 Å². The maximum absolute atomic E-state index is 14.3. The van der Waals surface area contributed by atoms with Crippen LogP contribution in [0.25, 0.3) is 0 Å². The zero-order valence-corrected chi connectivity index (χ0v) is 31.0. The van der Waals surface area contributed by atoms with Gasteiger partial charge in [0.05, 0.1) is 5.69 Å². The Hall–Kier alpha value is -2.50. The van der Waals surface area contributed by atoms with E-state index in [0.717, 1.165) is 68.7 Å². The third-order valence-corrected chi connectivity index (χ3v) is 10.0. The van der Waals surface area contributed by atoms with Crippen LogP contribution in [0.1, 0.15) is 80.8 Å². The van der Waals surface area contributed by atoms with E-state index in [1.165, 1.54) is 11.8 Å². The normalized spacial score (nSPS) is 20.5. The zero-order valence-electron chi connectivity index (χ0n) is 28.5. The molecule has 2 heterocycles. The van der Waals surface area contributed by atoms with Crippen LogP contribution in [0.2, 0.25) is 0 Å². The van der Waals surface area contributed by atoms with Crippen molar-refractivity contribution >= 4 is 43.2 Å². The molecule has 0 radical (unpaired) electrons. The monoisotopic (exact) mass is 748 g/mol. The number of piperidine rings is 1. The van der Waals surface area contributed by atoms with Crippen LogP contribution in [0.15, 0.2) is 54.6 Å². The number of likely N-dealkylation sites (N-methyl/N-ethyl adjacent to an activating group) is 1. The predicted octanol–water partition coefficient (Wildman–Crippen LogP) is 8.28. The molecule has 1 aliphatic carbocycles. The molecule has 1 aliphatic heterocycles. The quantitative estimate of drug-likeness (QED) is 0.190. The van der Waals surface area contributed by atoms with Gasteiger partial charge in [-0.15, -0.1) is 37.2 Å². The Kier molecular flexibility index (Phi) is 16.7. The molecular formula is C36H50Cl3F3N4O3. The molecule has 1 aromatic heterocycles. The number of aromatic nitrogens is 2. The summed E-state index contributed by atoms with van der Waals surface area (Å²) in [4.78, 5) is 16.7. The lowest BCUT2D eigenvalue weighted by molar-refractivity contribution is -0.145. The first-order valence-electron chi connectivity index (χ1n) is 16.5. The van der Waals surface area contributed by atoms with Crippen molar-refractivity contribution < 1.29 is 27.8 Å². The summed E-state index contributed by atoms with van der Waals surface area (Å²) in [5.41, 5.74) is 4.19. The number of aryl methyl sites for hydroxylation is 1. The average molecular weight is 750 g/mol. The van der Waals surface area contributed by atoms with Crippen LogP contribution in [-0.2, 0) is 17.8 Å². The Balaban J connectivity index is 0.00000278. The Morgan fingerprint density at radius 2 is 1.71 bits per heavy atom. The van der Waals surface area contributed by atoms with Gasteiger partial charge >= 0.3 is 12.6 Å². The van der Waals surface area contributed by atoms with Gasteiger partial charge in [0.15, 0.2) is 0 Å². The number of hydrogen-bond donors (Lipinski definition) is 1. The van der Waals surface area contributed by atoms with Crippen LogP contribution in [0.4, 0.5) is 13.2 Å². The molecule has 274 valence electrons. The van der Waals surface area contributed by atoms with E-state index in [-0.39, 0.29) is 66.7 Å². The first kappa shape index (κ1) is 42.7. The number of aliphatic carboxylic acids is 1. The van der Waals surface area contributed by atoms with Crippen LogP contribution >= 0.6 is 37.2 Å². The van der Waals surface area contributed by atoms with Crippen LogP contribution in [-0.4, -0.2) is 76.0 Å². The van der Waals surface area contributed by atoms with E-state index in [1.807, 2.05) is 31.9 Å². The third kappa shape index (κ3) is 10.7. The molecule has 3 unspecified atom stereocenters. The Morgan fingerprint density at radius 1 is 1.04 bits per heavy atom. The Morgan fingerprint density at radius 3 is 2.29 bits per heavy atom. The largest absolute Gasteiger partial charge is 0.480 e. The summed E-state index contributed by atoms with van der Waals surface area (Å²) in [6.07, 6.45) is 4.35. The van der Waals surface area contributed by atoms with Gasteiger partial charge in [-0.3, -0.25) is 14.4 Å². The molecule has 3 aromatic rings. The molecule has 5 rings (SSSR count). The van der Waals surface area contributed by atoms with Crippen molar-refractivity contribution in [1.82, 2.24) is 19.6 Å². The number of nitrogens with zero attached hydrogens (tertiary/aromatic N) is 4. The highest BCUT2D eigenvalue weighted by molar-refractivity contribution is 5.86. The number of benzene rings is 2. The number of carboxylic acids is 1. The molecule has 2 aliphatic rings. The molecule has 1 saturated carbocycles. The molecule has 49 heavy (non-hydrogen) atoms. The number of carbonyl (C=O) groups is 1. The molecule has 2 fully saturated rings. The van der Waals surface area contributed by atoms with Gasteiger partial charge in [-0.1, -0.05) is 38.1 Å². The summed E-state index contributed by atoms with van der Waals surface area (Å²) >= 11 is 0. The molecule has 7 nitrogen and oxygen atoms in total. The van der Waals surface area contributed by atoms with Gasteiger partial charge in [0.1, 0.15) is 17.6 Å². The van der Waals surface area contributed by atoms with E-state index in [1.54, 1.807) is 36.4 Å². The number of alkyl halides is 2. The molecule has 13 heteroatoms. The highest BCUT2D eigenvalue weighted by Gasteiger charge is 2.42. The van der Waals surface area contributed by atoms with Gasteiger partial charge in [-0.2, -0.15) is 13.9 Å². The number of ether oxygens (including phenoxy) is 1. The number of hydrogen-bond acceptors (Lipinski definition) is 5. The minimum atomic E-state index is -2.84. The predicted molar refractivity (Wildman–Crippen MR) is 194 cm³/mol. The summed E-state index contributed by atoms with van der Waals surface area (Å²) in [7, 11) is 1.93. The van der Waals surface area contributed by atoms with Crippen molar-refractivity contribution in [2.24, 2.45) is 11.8 Å². The van der Waals surface area contributed by atoms with Crippen molar-refractivity contribution in [2.45, 2.75) is 90.0 Å². The summed E-state index contributed by atoms with van der Waals surface area (Å²) < 4.78 is 45.9. The maximum Gasteiger partial charge on any atom is 0.387 e. The topological polar surface area (TPSA) is 70.8 Å². The van der Waals surface area contributed by atoms with E-state index in [0.29, 0.717) is 18.3 Å². The molecule has 4 atom stereocenters. The van der Waals surface area contributed by atoms with Gasteiger partial charge in [0, 0.05) is 37.2 Å². The minimum absolute atomic E-state index is 0. The molecule has 0 spiro atoms. The van der Waals surface area contributed by atoms with Crippen molar-refractivity contribution in [2.75, 3.05) is 26.7 Å². The number of likely N-dealkylation sites (tertiary alicyclic amines) is 1. The van der Waals surface area contributed by atoms with Gasteiger partial charge in [-0.25, -0.2) is 4.39 Å². The lowest BCUT2D eigenvalue weighted by atomic mass is 9.87. The first-order valence-corrected chi connectivity index (χ1v) is 16.5. The third-order valence-electron chi connectivity index (χ3n) is 10.0. The van der Waals surface area contributed by atoms with Crippen molar-refractivity contribution in [3.05, 3.63) is 82.9 Å². The van der Waals surface area contributed by atoms with E-state index in [4.69, 9.17) is 5.10 Å². The number of rotatable bonds is 13. The number of carboxylic acid groups (broad SMARTS) is 1. The van der Waals surface area contributed by atoms with E-state index >= 15 is 0 Å². The summed E-state index contributed by atoms with van der Waals surface area (Å²) in [5, 5.41) is 14.8. The van der Waals surface area contributed by atoms with Crippen LogP contribution < -0.4 is 4.74 Å². The Labute approximate surface area is 306 Å². The second-order valence-corrected chi connectivity index (χ2v) is 13.4. The SMILES string of the molecule is CCn1nc(Cc2ccc(OC(F)F)cc2)cc1C1CCN(CC2CC(N(C)[C@@H](C(=O)O)C(C)C)CC2c2cccc(F)c2)CC1.Cl.Cl.Cl. The standard InChI is InChI=1S/C36H47F3N4O3.3ClH/c1-5-43-33(20-29(40-43)17-24-9-11-31(12-10-24)46-36(38)39)25-13-15-42(16-14-25)22-27-19-30(41(4)34(23(2)3)35(44)45)21-32(27)26-7-6-8-28(37)18-26;;;/h6-12,18,20,23,25,27,30,32,34,36H,5,13-17,19,21-22H2,1-4H3,(H,44,45);3*1H/t27?,30?,32?,34-;;;/m1.../s1. The highest BCUT2D eigenvalue weighted by atomic mass is 35.5. The lowest BCUT2D eigenvalue weighted by Crippen LogP contribution is -2.47. The maximum atomic E-state index is 14.3. The zero-order chi connectivity index (χ0) is 33.0. The lowest BCUT2D eigenvalue weighted by Gasteiger charge is -2.35. The fraction of sp³-hybridized carbons (Fsp3) is 0.556. The van der Waals surface area contributed by atoms with E-state index in [2.05, 4.69) is 27.3 Å². The minimum Gasteiger partial charge on any atom is -0.480 e. The summed E-state index contributed by atoms with van der Waals surface area (Å²) in [6, 6.07) is 15.4. The van der Waals surface area contributed by atoms with Gasteiger partial charge < -0.3 is 14.7 Å². The fourth-order valence-corrected chi connectivity index (χ4v) is 7.83.